The number of ether oxygens (including phenoxy) is 2. The number of nitrogens with zero attached hydrogens (tertiary/aromatic N) is 2. The van der Waals surface area contributed by atoms with Crippen LogP contribution in [0.2, 0.25) is 0 Å². The number of allylic oxidation sites excluding steroid dienone is 1. The maximum Gasteiger partial charge on any atom is 0.237 e. The van der Waals surface area contributed by atoms with Crippen molar-refractivity contribution in [3.63, 3.8) is 0 Å². The Kier molecular flexibility index (Phi) is 10.2. The highest BCUT2D eigenvalue weighted by Gasteiger charge is 2.24. The van der Waals surface area contributed by atoms with E-state index in [1.165, 1.54) is 11.8 Å². The molecule has 0 aliphatic heterocycles. The van der Waals surface area contributed by atoms with Crippen molar-refractivity contribution < 1.29 is 19.1 Å². The lowest BCUT2D eigenvalue weighted by molar-refractivity contribution is -0.115. The number of hydrogen-bond donors (Lipinski definition) is 1. The highest BCUT2D eigenvalue weighted by Crippen LogP contribution is 2.41. The molecule has 0 fully saturated rings. The van der Waals surface area contributed by atoms with E-state index in [2.05, 4.69) is 11.4 Å². The second-order valence-corrected chi connectivity index (χ2v) is 13.3. The first-order valence-electron chi connectivity index (χ1n) is 15.4. The van der Waals surface area contributed by atoms with Crippen molar-refractivity contribution in [3.05, 3.63) is 131 Å². The SMILES string of the molecule is COc1ccc(OC)c(-c2cc(-c3cccc4ccccc34)nc(SC(C)C(=O)Nc3ccc(C(=O)C=Cc4cccs4)cc3)c2C#N)c1. The summed E-state index contributed by atoms with van der Waals surface area (Å²) in [6.45, 7) is 1.77. The fourth-order valence-corrected chi connectivity index (χ4v) is 6.90. The van der Waals surface area contributed by atoms with Gasteiger partial charge < -0.3 is 14.8 Å². The topological polar surface area (TPSA) is 101 Å². The lowest BCUT2D eigenvalue weighted by atomic mass is 9.96. The molecule has 7 nitrogen and oxygen atoms in total. The predicted molar refractivity (Wildman–Crippen MR) is 199 cm³/mol. The molecule has 0 spiro atoms. The fourth-order valence-electron chi connectivity index (χ4n) is 5.36. The number of carbonyl (C=O) groups is 2. The number of nitriles is 1. The summed E-state index contributed by atoms with van der Waals surface area (Å²) < 4.78 is 11.2. The standard InChI is InChI=1S/C40H31N3O4S2/c1-25(39(45)42-28-15-13-27(14-16-28)37(44)19-18-30-10-7-21-48-30)49-40-35(24-41)33(34-22-29(46-2)17-20-38(34)47-3)23-36(43-40)32-12-6-9-26-8-4-5-11-31(26)32/h4-23,25H,1-3H3,(H,42,45). The minimum Gasteiger partial charge on any atom is -0.497 e. The number of thiophene rings is 1. The normalized spacial score (nSPS) is 11.6. The second kappa shape index (κ2) is 15.0. The van der Waals surface area contributed by atoms with Gasteiger partial charge in [0, 0.05) is 32.8 Å². The molecule has 0 aliphatic carbocycles. The molecule has 0 radical (unpaired) electrons. The average molecular weight is 682 g/mol. The van der Waals surface area contributed by atoms with Gasteiger partial charge in [0.1, 0.15) is 22.6 Å². The van der Waals surface area contributed by atoms with Crippen LogP contribution in [-0.2, 0) is 4.79 Å². The number of carbonyl (C=O) groups excluding carboxylic acids is 2. The molecule has 2 aromatic heterocycles. The fraction of sp³-hybridized carbons (Fsp3) is 0.100. The minimum atomic E-state index is -0.627. The van der Waals surface area contributed by atoms with Gasteiger partial charge in [-0.2, -0.15) is 5.26 Å². The van der Waals surface area contributed by atoms with Crippen LogP contribution in [0.1, 0.15) is 27.7 Å². The highest BCUT2D eigenvalue weighted by molar-refractivity contribution is 8.00. The van der Waals surface area contributed by atoms with Crippen LogP contribution >= 0.6 is 23.1 Å². The smallest absolute Gasteiger partial charge is 0.237 e. The van der Waals surface area contributed by atoms with Crippen LogP contribution in [0.3, 0.4) is 0 Å². The van der Waals surface area contributed by atoms with Crippen molar-refractivity contribution in [2.45, 2.75) is 17.2 Å². The van der Waals surface area contributed by atoms with Crippen LogP contribution in [-0.4, -0.2) is 36.1 Å². The summed E-state index contributed by atoms with van der Waals surface area (Å²) >= 11 is 2.76. The summed E-state index contributed by atoms with van der Waals surface area (Å²) in [5, 5.41) is 17.3. The van der Waals surface area contributed by atoms with E-state index in [1.54, 1.807) is 81.0 Å². The zero-order valence-electron chi connectivity index (χ0n) is 27.0. The van der Waals surface area contributed by atoms with Crippen molar-refractivity contribution in [1.29, 1.82) is 5.26 Å². The number of benzene rings is 4. The Hall–Kier alpha value is -5.69. The molecule has 242 valence electrons. The van der Waals surface area contributed by atoms with E-state index in [4.69, 9.17) is 14.5 Å². The molecule has 0 saturated carbocycles. The van der Waals surface area contributed by atoms with E-state index in [9.17, 15) is 14.9 Å². The number of hydrogen-bond acceptors (Lipinski definition) is 8. The molecule has 6 rings (SSSR count). The van der Waals surface area contributed by atoms with Crippen molar-refractivity contribution >= 4 is 57.3 Å². The van der Waals surface area contributed by atoms with Gasteiger partial charge in [0.15, 0.2) is 5.78 Å². The molecule has 2 heterocycles. The number of rotatable bonds is 11. The number of ketones is 1. The van der Waals surface area contributed by atoms with Gasteiger partial charge in [-0.05, 0) is 89.8 Å². The van der Waals surface area contributed by atoms with Crippen LogP contribution in [0, 0.1) is 11.3 Å². The lowest BCUT2D eigenvalue weighted by Gasteiger charge is -2.18. The monoisotopic (exact) mass is 681 g/mol. The van der Waals surface area contributed by atoms with E-state index >= 15 is 0 Å². The Morgan fingerprint density at radius 1 is 0.898 bits per heavy atom. The zero-order valence-corrected chi connectivity index (χ0v) is 28.6. The molecule has 6 aromatic rings. The molecular weight excluding hydrogens is 651 g/mol. The predicted octanol–water partition coefficient (Wildman–Crippen LogP) is 9.53. The van der Waals surface area contributed by atoms with Gasteiger partial charge in [-0.25, -0.2) is 4.98 Å². The molecular formula is C40H31N3O4S2. The number of fused-ring (bicyclic) bond motifs is 1. The van der Waals surface area contributed by atoms with E-state index in [1.807, 2.05) is 72.1 Å². The molecule has 1 unspecified atom stereocenters. The number of thioether (sulfide) groups is 1. The van der Waals surface area contributed by atoms with Gasteiger partial charge in [0.2, 0.25) is 5.91 Å². The molecule has 4 aromatic carbocycles. The number of pyridine rings is 1. The molecule has 1 N–H and O–H groups in total. The minimum absolute atomic E-state index is 0.125. The van der Waals surface area contributed by atoms with Crippen molar-refractivity contribution in [2.75, 3.05) is 19.5 Å². The van der Waals surface area contributed by atoms with Gasteiger partial charge in [-0.1, -0.05) is 60.3 Å². The Balaban J connectivity index is 1.32. The molecule has 0 bridgehead atoms. The largest absolute Gasteiger partial charge is 0.497 e. The first kappa shape index (κ1) is 33.2. The van der Waals surface area contributed by atoms with E-state index in [0.717, 1.165) is 21.2 Å². The van der Waals surface area contributed by atoms with Crippen molar-refractivity contribution in [1.82, 2.24) is 4.98 Å². The first-order chi connectivity index (χ1) is 23.9. The third kappa shape index (κ3) is 7.41. The Labute approximate surface area is 292 Å². The quantitative estimate of drug-likeness (QED) is 0.0826. The van der Waals surface area contributed by atoms with E-state index < -0.39 is 5.25 Å². The van der Waals surface area contributed by atoms with E-state index in [0.29, 0.717) is 50.2 Å². The van der Waals surface area contributed by atoms with Crippen molar-refractivity contribution in [3.8, 4) is 40.0 Å². The van der Waals surface area contributed by atoms with Gasteiger partial charge in [0.25, 0.3) is 0 Å². The van der Waals surface area contributed by atoms with Crippen LogP contribution in [0.25, 0.3) is 39.2 Å². The lowest BCUT2D eigenvalue weighted by Crippen LogP contribution is -2.22. The maximum absolute atomic E-state index is 13.5. The molecule has 9 heteroatoms. The van der Waals surface area contributed by atoms with E-state index in [-0.39, 0.29) is 11.7 Å². The second-order valence-electron chi connectivity index (χ2n) is 11.0. The zero-order chi connectivity index (χ0) is 34.3. The Morgan fingerprint density at radius 2 is 1.69 bits per heavy atom. The maximum atomic E-state index is 13.5. The molecule has 1 atom stereocenters. The average Bonchev–Trinajstić information content (AvgIpc) is 3.67. The summed E-state index contributed by atoms with van der Waals surface area (Å²) in [7, 11) is 3.16. The number of nitrogens with one attached hydrogen (secondary N) is 1. The van der Waals surface area contributed by atoms with Gasteiger partial charge in [-0.15, -0.1) is 11.3 Å². The summed E-state index contributed by atoms with van der Waals surface area (Å²) in [4.78, 5) is 32.1. The van der Waals surface area contributed by atoms with Crippen LogP contribution in [0.5, 0.6) is 11.5 Å². The third-order valence-electron chi connectivity index (χ3n) is 7.90. The van der Waals surface area contributed by atoms with Crippen molar-refractivity contribution in [2.24, 2.45) is 0 Å². The summed E-state index contributed by atoms with van der Waals surface area (Å²) in [5.41, 5.74) is 4.21. The molecule has 0 saturated heterocycles. The third-order valence-corrected chi connectivity index (χ3v) is 9.82. The van der Waals surface area contributed by atoms with Gasteiger partial charge in [0.05, 0.1) is 30.7 Å². The summed E-state index contributed by atoms with van der Waals surface area (Å²) in [6, 6.07) is 34.4. The summed E-state index contributed by atoms with van der Waals surface area (Å²) in [5.74, 6) is 0.776. The number of anilines is 1. The number of methoxy groups -OCH3 is 2. The summed E-state index contributed by atoms with van der Waals surface area (Å²) in [6.07, 6.45) is 3.33. The number of amides is 1. The number of aromatic nitrogens is 1. The first-order valence-corrected chi connectivity index (χ1v) is 17.1. The molecule has 1 amide bonds. The highest BCUT2D eigenvalue weighted by atomic mass is 32.2. The van der Waals surface area contributed by atoms with Gasteiger partial charge in [-0.3, -0.25) is 9.59 Å². The molecule has 49 heavy (non-hydrogen) atoms. The molecule has 0 aliphatic rings. The Bertz CT molecular complexity index is 2220. The van der Waals surface area contributed by atoms with Crippen LogP contribution in [0.15, 0.2) is 120 Å². The van der Waals surface area contributed by atoms with Crippen LogP contribution in [0.4, 0.5) is 5.69 Å². The van der Waals surface area contributed by atoms with Crippen LogP contribution < -0.4 is 14.8 Å². The van der Waals surface area contributed by atoms with Gasteiger partial charge >= 0.3 is 0 Å². The Morgan fingerprint density at radius 3 is 2.43 bits per heavy atom.